The lowest BCUT2D eigenvalue weighted by molar-refractivity contribution is -0.114. The first-order valence-electron chi connectivity index (χ1n) is 17.9. The van der Waals surface area contributed by atoms with Gasteiger partial charge >= 0.3 is 6.03 Å². The van der Waals surface area contributed by atoms with Gasteiger partial charge in [-0.3, -0.25) is 15.4 Å². The smallest absolute Gasteiger partial charge is 0.321 e. The molecular formula is C43H38ClN5O10. The summed E-state index contributed by atoms with van der Waals surface area (Å²) in [6.07, 6.45) is 0. The van der Waals surface area contributed by atoms with Crippen molar-refractivity contribution in [2.24, 2.45) is 0 Å². The van der Waals surface area contributed by atoms with Crippen LogP contribution in [0, 0.1) is 0 Å². The van der Waals surface area contributed by atoms with Crippen molar-refractivity contribution in [1.82, 2.24) is 15.6 Å². The summed E-state index contributed by atoms with van der Waals surface area (Å²) < 4.78 is 21.1. The third kappa shape index (κ3) is 9.16. The number of rotatable bonds is 10. The van der Waals surface area contributed by atoms with Gasteiger partial charge < -0.3 is 44.3 Å². The van der Waals surface area contributed by atoms with Crippen LogP contribution in [0.1, 0.15) is 13.8 Å². The van der Waals surface area contributed by atoms with E-state index in [0.29, 0.717) is 57.1 Å². The predicted molar refractivity (Wildman–Crippen MR) is 222 cm³/mol. The molecule has 16 heteroatoms. The SMILES string of the molecule is CCNC(=O)Nc1onc(-c2cc(Cl)c(O)cc2O)c1-c1ccc(OC)cc1.COc1ccc(-c2c(-c3cc(-c4ccccc4)c(O)cc3O)noc2NC(C)=O)cc1. The Morgan fingerprint density at radius 1 is 0.627 bits per heavy atom. The Kier molecular flexibility index (Phi) is 12.6. The van der Waals surface area contributed by atoms with Crippen LogP contribution >= 0.6 is 11.6 Å². The molecule has 0 unspecified atom stereocenters. The van der Waals surface area contributed by atoms with Crippen LogP contribution in [0.4, 0.5) is 16.6 Å². The highest BCUT2D eigenvalue weighted by Crippen LogP contribution is 2.46. The number of urea groups is 1. The second-order valence-electron chi connectivity index (χ2n) is 12.7. The largest absolute Gasteiger partial charge is 0.507 e. The molecule has 2 heterocycles. The molecule has 3 amide bonds. The van der Waals surface area contributed by atoms with E-state index < -0.39 is 6.03 Å². The van der Waals surface area contributed by atoms with Crippen LogP contribution < -0.4 is 25.4 Å². The van der Waals surface area contributed by atoms with Crippen LogP contribution in [0.2, 0.25) is 5.02 Å². The van der Waals surface area contributed by atoms with E-state index in [1.54, 1.807) is 75.7 Å². The minimum absolute atomic E-state index is 0.0368. The molecule has 0 fully saturated rings. The Balaban J connectivity index is 0.000000199. The standard InChI is InChI=1S/C24H20N2O5.C19H18ClN3O5/c1-14(27)25-24-22(16-8-10-17(30-2)11-9-16)23(26-31-24)19-12-18(20(28)13-21(19)29)15-6-4-3-5-7-15;1-3-21-19(26)22-18-16(10-4-6-11(27-2)7-5-10)17(23-28-18)12-8-13(20)15(25)9-14(12)24/h3-13,28-29H,1-2H3,(H,25,27);4-9,24-25H,3H2,1-2H3,(H2,21,22,26). The van der Waals surface area contributed by atoms with Crippen molar-refractivity contribution in [1.29, 1.82) is 0 Å². The quantitative estimate of drug-likeness (QED) is 0.0686. The summed E-state index contributed by atoms with van der Waals surface area (Å²) in [4.78, 5) is 23.7. The predicted octanol–water partition coefficient (Wildman–Crippen LogP) is 9.28. The Labute approximate surface area is 342 Å². The number of amides is 3. The summed E-state index contributed by atoms with van der Waals surface area (Å²) >= 11 is 5.99. The molecule has 7 rings (SSSR count). The summed E-state index contributed by atoms with van der Waals surface area (Å²) in [7, 11) is 3.13. The Morgan fingerprint density at radius 2 is 1.10 bits per heavy atom. The van der Waals surface area contributed by atoms with Gasteiger partial charge in [0.15, 0.2) is 0 Å². The fourth-order valence-electron chi connectivity index (χ4n) is 5.99. The van der Waals surface area contributed by atoms with Gasteiger partial charge in [-0.25, -0.2) is 4.79 Å². The zero-order chi connectivity index (χ0) is 42.2. The number of methoxy groups -OCH3 is 2. The number of carbonyl (C=O) groups is 2. The molecule has 7 N–H and O–H groups in total. The van der Waals surface area contributed by atoms with Gasteiger partial charge in [0.2, 0.25) is 17.7 Å². The highest BCUT2D eigenvalue weighted by Gasteiger charge is 2.26. The normalized spacial score (nSPS) is 10.6. The molecule has 302 valence electrons. The van der Waals surface area contributed by atoms with E-state index in [1.807, 2.05) is 30.3 Å². The summed E-state index contributed by atoms with van der Waals surface area (Å²) in [6.45, 7) is 3.58. The number of anilines is 2. The van der Waals surface area contributed by atoms with Crippen molar-refractivity contribution in [3.63, 3.8) is 0 Å². The van der Waals surface area contributed by atoms with E-state index in [2.05, 4.69) is 26.3 Å². The fraction of sp³-hybridized carbons (Fsp3) is 0.116. The average Bonchev–Trinajstić information content (AvgIpc) is 3.83. The number of ether oxygens (including phenoxy) is 2. The van der Waals surface area contributed by atoms with Crippen LogP contribution in [0.25, 0.3) is 55.9 Å². The molecule has 0 atom stereocenters. The maximum atomic E-state index is 12.0. The Hall–Kier alpha value is -7.65. The number of hydrogen-bond donors (Lipinski definition) is 7. The first-order valence-corrected chi connectivity index (χ1v) is 18.2. The van der Waals surface area contributed by atoms with Crippen molar-refractivity contribution in [3.05, 3.63) is 108 Å². The van der Waals surface area contributed by atoms with Gasteiger partial charge in [0.1, 0.15) is 45.9 Å². The highest BCUT2D eigenvalue weighted by molar-refractivity contribution is 6.32. The third-order valence-corrected chi connectivity index (χ3v) is 9.07. The van der Waals surface area contributed by atoms with E-state index in [1.165, 1.54) is 19.1 Å². The molecule has 0 aliphatic carbocycles. The Morgan fingerprint density at radius 3 is 1.59 bits per heavy atom. The number of aromatic hydroxyl groups is 4. The van der Waals surface area contributed by atoms with E-state index in [9.17, 15) is 30.0 Å². The van der Waals surface area contributed by atoms with Gasteiger partial charge in [-0.05, 0) is 60.0 Å². The summed E-state index contributed by atoms with van der Waals surface area (Å²) in [6, 6.07) is 28.4. The molecule has 0 saturated carbocycles. The van der Waals surface area contributed by atoms with Gasteiger partial charge in [0, 0.05) is 42.3 Å². The number of aromatic nitrogens is 2. The topological polar surface area (TPSA) is 222 Å². The minimum Gasteiger partial charge on any atom is -0.507 e. The zero-order valence-corrected chi connectivity index (χ0v) is 32.8. The second kappa shape index (κ2) is 18.1. The number of nitrogens with one attached hydrogen (secondary N) is 3. The molecule has 0 radical (unpaired) electrons. The van der Waals surface area contributed by atoms with E-state index in [0.717, 1.165) is 11.6 Å². The first kappa shape index (κ1) is 41.0. The lowest BCUT2D eigenvalue weighted by Crippen LogP contribution is -2.28. The van der Waals surface area contributed by atoms with Crippen molar-refractivity contribution in [3.8, 4) is 90.4 Å². The summed E-state index contributed by atoms with van der Waals surface area (Å²) in [5, 5.41) is 57.0. The van der Waals surface area contributed by atoms with Gasteiger partial charge in [-0.1, -0.05) is 76.5 Å². The number of hydrogen-bond acceptors (Lipinski definition) is 12. The molecule has 7 aromatic rings. The van der Waals surface area contributed by atoms with E-state index in [-0.39, 0.29) is 57.0 Å². The van der Waals surface area contributed by atoms with Crippen LogP contribution in [-0.4, -0.2) is 63.4 Å². The maximum absolute atomic E-state index is 12.0. The molecule has 2 aromatic heterocycles. The number of carbonyl (C=O) groups excluding carboxylic acids is 2. The number of halogens is 1. The molecule has 0 saturated heterocycles. The van der Waals surface area contributed by atoms with Crippen molar-refractivity contribution < 1.29 is 48.5 Å². The van der Waals surface area contributed by atoms with Crippen LogP contribution in [-0.2, 0) is 4.79 Å². The molecular weight excluding hydrogens is 782 g/mol. The van der Waals surface area contributed by atoms with Crippen LogP contribution in [0.3, 0.4) is 0 Å². The van der Waals surface area contributed by atoms with Gasteiger partial charge in [0.25, 0.3) is 0 Å². The molecule has 15 nitrogen and oxygen atoms in total. The third-order valence-electron chi connectivity index (χ3n) is 8.77. The number of nitrogens with zero attached hydrogens (tertiary/aromatic N) is 2. The van der Waals surface area contributed by atoms with E-state index in [4.69, 9.17) is 30.1 Å². The number of phenols is 4. The van der Waals surface area contributed by atoms with Crippen molar-refractivity contribution >= 4 is 35.3 Å². The first-order chi connectivity index (χ1) is 28.4. The van der Waals surface area contributed by atoms with Crippen LogP contribution in [0.15, 0.2) is 112 Å². The lowest BCUT2D eigenvalue weighted by Gasteiger charge is -2.11. The maximum Gasteiger partial charge on any atom is 0.321 e. The summed E-state index contributed by atoms with van der Waals surface area (Å²) in [5.74, 6) is 0.497. The molecule has 0 bridgehead atoms. The van der Waals surface area contributed by atoms with Crippen molar-refractivity contribution in [2.75, 3.05) is 31.4 Å². The van der Waals surface area contributed by atoms with Crippen LogP contribution in [0.5, 0.6) is 34.5 Å². The van der Waals surface area contributed by atoms with Gasteiger partial charge in [-0.15, -0.1) is 0 Å². The monoisotopic (exact) mass is 819 g/mol. The Bertz CT molecular complexity index is 2590. The molecule has 0 aliphatic heterocycles. The molecule has 0 aliphatic rings. The minimum atomic E-state index is -0.465. The van der Waals surface area contributed by atoms with Gasteiger partial charge in [-0.2, -0.15) is 0 Å². The average molecular weight is 820 g/mol. The molecule has 0 spiro atoms. The number of benzene rings is 5. The van der Waals surface area contributed by atoms with Gasteiger partial charge in [0.05, 0.1) is 30.4 Å². The van der Waals surface area contributed by atoms with E-state index >= 15 is 0 Å². The highest BCUT2D eigenvalue weighted by atomic mass is 35.5. The zero-order valence-electron chi connectivity index (χ0n) is 32.0. The molecule has 59 heavy (non-hydrogen) atoms. The second-order valence-corrected chi connectivity index (χ2v) is 13.1. The number of phenolic OH excluding ortho intramolecular Hbond substituents is 4. The molecule has 5 aromatic carbocycles. The lowest BCUT2D eigenvalue weighted by atomic mass is 9.96. The fourth-order valence-corrected chi connectivity index (χ4v) is 6.16. The van der Waals surface area contributed by atoms with Crippen molar-refractivity contribution in [2.45, 2.75) is 13.8 Å². The summed E-state index contributed by atoms with van der Waals surface area (Å²) in [5.41, 5.74) is 4.76.